The molecule has 4 amide bonds. The molecule has 2 heterocycles. The average molecular weight is 603 g/mol. The van der Waals surface area contributed by atoms with Crippen LogP contribution < -0.4 is 0 Å². The second-order valence-electron chi connectivity index (χ2n) is 9.43. The summed E-state index contributed by atoms with van der Waals surface area (Å²) in [6, 6.07) is 14.2. The van der Waals surface area contributed by atoms with Crippen LogP contribution in [0.25, 0.3) is 12.2 Å². The summed E-state index contributed by atoms with van der Waals surface area (Å²) in [6.45, 7) is -0.0268. The van der Waals surface area contributed by atoms with Crippen molar-refractivity contribution in [2.45, 2.75) is 38.1 Å². The number of imide groups is 2. The number of carbonyl (C=O) groups is 4. The Morgan fingerprint density at radius 1 is 0.718 bits per heavy atom. The summed E-state index contributed by atoms with van der Waals surface area (Å²) in [5.41, 5.74) is 1.30. The lowest BCUT2D eigenvalue weighted by atomic mass is 9.94. The van der Waals surface area contributed by atoms with Crippen LogP contribution >= 0.6 is 46.7 Å². The topological polar surface area (TPSA) is 78.0 Å². The Hall–Kier alpha value is -2.56. The Labute approximate surface area is 245 Å². The van der Waals surface area contributed by atoms with E-state index in [-0.39, 0.29) is 29.2 Å². The standard InChI is InChI=1S/C28H25Cl2N3O4S2/c29-21-12-6-4-8-18(21)14-23-25(34)32(27(36)38-23)16-31(20-10-2-1-3-11-20)17-33-26(35)24(39-28(33)37)15-19-9-5-7-13-22(19)30/h4-9,12-15,20H,1-3,10-11,16-17H2/b23-14-,24-15-. The third-order valence-corrected chi connectivity index (χ3v) is 9.37. The molecule has 0 bridgehead atoms. The van der Waals surface area contributed by atoms with Crippen molar-refractivity contribution in [1.29, 1.82) is 0 Å². The molecule has 39 heavy (non-hydrogen) atoms. The van der Waals surface area contributed by atoms with Crippen molar-refractivity contribution >= 4 is 81.2 Å². The van der Waals surface area contributed by atoms with Crippen molar-refractivity contribution in [2.24, 2.45) is 0 Å². The van der Waals surface area contributed by atoms with Gasteiger partial charge < -0.3 is 0 Å². The van der Waals surface area contributed by atoms with Gasteiger partial charge in [-0.25, -0.2) is 0 Å². The van der Waals surface area contributed by atoms with Gasteiger partial charge in [0.25, 0.3) is 22.3 Å². The lowest BCUT2D eigenvalue weighted by molar-refractivity contribution is -0.127. The quantitative estimate of drug-likeness (QED) is 0.308. The highest BCUT2D eigenvalue weighted by Gasteiger charge is 2.41. The van der Waals surface area contributed by atoms with Crippen LogP contribution in [0, 0.1) is 0 Å². The number of nitrogens with zero attached hydrogens (tertiary/aromatic N) is 3. The van der Waals surface area contributed by atoms with Crippen molar-refractivity contribution in [1.82, 2.24) is 14.7 Å². The van der Waals surface area contributed by atoms with E-state index in [0.717, 1.165) is 55.6 Å². The van der Waals surface area contributed by atoms with Crippen LogP contribution in [-0.4, -0.2) is 56.4 Å². The van der Waals surface area contributed by atoms with Gasteiger partial charge in [-0.2, -0.15) is 0 Å². The molecular formula is C28H25Cl2N3O4S2. The number of hydrogen-bond donors (Lipinski definition) is 0. The lowest BCUT2D eigenvalue weighted by Gasteiger charge is -2.37. The monoisotopic (exact) mass is 601 g/mol. The number of carbonyl (C=O) groups excluding carboxylic acids is 4. The fourth-order valence-corrected chi connectivity index (χ4v) is 6.82. The molecule has 0 unspecified atom stereocenters. The van der Waals surface area contributed by atoms with Gasteiger partial charge in [-0.3, -0.25) is 33.9 Å². The zero-order valence-electron chi connectivity index (χ0n) is 20.8. The largest absolute Gasteiger partial charge is 0.294 e. The first-order valence-corrected chi connectivity index (χ1v) is 14.9. The molecule has 2 aromatic carbocycles. The highest BCUT2D eigenvalue weighted by molar-refractivity contribution is 8.18. The van der Waals surface area contributed by atoms with E-state index in [1.54, 1.807) is 48.6 Å². The Bertz CT molecular complexity index is 1290. The molecule has 2 saturated heterocycles. The molecule has 1 aliphatic carbocycles. The molecule has 0 atom stereocenters. The fourth-order valence-electron chi connectivity index (χ4n) is 4.80. The normalized spacial score (nSPS) is 20.9. The molecule has 3 fully saturated rings. The minimum absolute atomic E-state index is 0.0134. The van der Waals surface area contributed by atoms with Gasteiger partial charge in [-0.1, -0.05) is 78.9 Å². The predicted molar refractivity (Wildman–Crippen MR) is 157 cm³/mol. The van der Waals surface area contributed by atoms with Gasteiger partial charge in [0.2, 0.25) is 0 Å². The van der Waals surface area contributed by atoms with E-state index in [2.05, 4.69) is 0 Å². The minimum atomic E-state index is -0.418. The number of amides is 4. The van der Waals surface area contributed by atoms with Gasteiger partial charge in [0.15, 0.2) is 0 Å². The van der Waals surface area contributed by atoms with Crippen molar-refractivity contribution in [3.05, 3.63) is 79.5 Å². The molecule has 0 radical (unpaired) electrons. The molecular weight excluding hydrogens is 577 g/mol. The van der Waals surface area contributed by atoms with E-state index >= 15 is 0 Å². The van der Waals surface area contributed by atoms with Crippen LogP contribution in [0.15, 0.2) is 58.3 Å². The highest BCUT2D eigenvalue weighted by Crippen LogP contribution is 2.37. The second kappa shape index (κ2) is 12.3. The Kier molecular flexibility index (Phi) is 8.83. The van der Waals surface area contributed by atoms with Gasteiger partial charge >= 0.3 is 0 Å². The smallest absolute Gasteiger partial charge is 0.268 e. The summed E-state index contributed by atoms with van der Waals surface area (Å²) in [5.74, 6) is -0.836. The third-order valence-electron chi connectivity index (χ3n) is 6.87. The van der Waals surface area contributed by atoms with Crippen LogP contribution in [0.5, 0.6) is 0 Å². The van der Waals surface area contributed by atoms with E-state index in [4.69, 9.17) is 23.2 Å². The van der Waals surface area contributed by atoms with Gasteiger partial charge in [0.1, 0.15) is 0 Å². The molecule has 202 valence electrons. The molecule has 11 heteroatoms. The summed E-state index contributed by atoms with van der Waals surface area (Å²) in [6.07, 6.45) is 8.07. The first kappa shape index (κ1) is 28.0. The van der Waals surface area contributed by atoms with Crippen LogP contribution in [0.2, 0.25) is 10.0 Å². The molecule has 3 aliphatic rings. The van der Waals surface area contributed by atoms with Gasteiger partial charge in [0, 0.05) is 16.1 Å². The Morgan fingerprint density at radius 2 is 1.15 bits per heavy atom. The molecule has 5 rings (SSSR count). The number of thioether (sulfide) groups is 2. The van der Waals surface area contributed by atoms with Gasteiger partial charge in [0.05, 0.1) is 23.1 Å². The van der Waals surface area contributed by atoms with E-state index in [1.807, 2.05) is 17.0 Å². The summed E-state index contributed by atoms with van der Waals surface area (Å²) >= 11 is 14.2. The van der Waals surface area contributed by atoms with E-state index in [0.29, 0.717) is 21.2 Å². The molecule has 1 saturated carbocycles. The molecule has 0 N–H and O–H groups in total. The zero-order valence-corrected chi connectivity index (χ0v) is 24.0. The van der Waals surface area contributed by atoms with E-state index < -0.39 is 22.3 Å². The summed E-state index contributed by atoms with van der Waals surface area (Å²) in [7, 11) is 0. The number of rotatable bonds is 7. The second-order valence-corrected chi connectivity index (χ2v) is 12.2. The minimum Gasteiger partial charge on any atom is -0.268 e. The first-order valence-electron chi connectivity index (χ1n) is 12.6. The van der Waals surface area contributed by atoms with Crippen molar-refractivity contribution in [3.63, 3.8) is 0 Å². The molecule has 0 aromatic heterocycles. The Morgan fingerprint density at radius 3 is 1.59 bits per heavy atom. The summed E-state index contributed by atoms with van der Waals surface area (Å²) in [5, 5.41) is 0.174. The molecule has 0 spiro atoms. The Balaban J connectivity index is 1.36. The summed E-state index contributed by atoms with van der Waals surface area (Å²) < 4.78 is 0. The van der Waals surface area contributed by atoms with Crippen LogP contribution in [0.1, 0.15) is 43.2 Å². The third kappa shape index (κ3) is 6.28. The van der Waals surface area contributed by atoms with Gasteiger partial charge in [-0.05, 0) is 71.8 Å². The fraction of sp³-hybridized carbons (Fsp3) is 0.286. The van der Waals surface area contributed by atoms with Crippen molar-refractivity contribution in [3.8, 4) is 0 Å². The lowest BCUT2D eigenvalue weighted by Crippen LogP contribution is -2.51. The van der Waals surface area contributed by atoms with Crippen molar-refractivity contribution in [2.75, 3.05) is 13.3 Å². The highest BCUT2D eigenvalue weighted by atomic mass is 35.5. The predicted octanol–water partition coefficient (Wildman–Crippen LogP) is 7.32. The SMILES string of the molecule is O=C1S/C(=C\c2ccccc2Cl)C(=O)N1CN(CN1C(=O)S/C(=C\c2ccccc2Cl)C1=O)C1CCCCC1. The molecule has 2 aromatic rings. The maximum absolute atomic E-state index is 13.3. The number of halogens is 2. The zero-order chi connectivity index (χ0) is 27.5. The van der Waals surface area contributed by atoms with Gasteiger partial charge in [-0.15, -0.1) is 0 Å². The molecule has 7 nitrogen and oxygen atoms in total. The number of hydrogen-bond acceptors (Lipinski definition) is 7. The number of benzene rings is 2. The first-order chi connectivity index (χ1) is 18.8. The van der Waals surface area contributed by atoms with E-state index in [1.165, 1.54) is 9.80 Å². The maximum Gasteiger partial charge on any atom is 0.294 e. The van der Waals surface area contributed by atoms with Crippen molar-refractivity contribution < 1.29 is 19.2 Å². The average Bonchev–Trinajstić information content (AvgIpc) is 3.35. The van der Waals surface area contributed by atoms with Crippen LogP contribution in [0.3, 0.4) is 0 Å². The van der Waals surface area contributed by atoms with Crippen LogP contribution in [0.4, 0.5) is 9.59 Å². The van der Waals surface area contributed by atoms with Crippen LogP contribution in [-0.2, 0) is 9.59 Å². The molecule has 2 aliphatic heterocycles. The maximum atomic E-state index is 13.3. The van der Waals surface area contributed by atoms with E-state index in [9.17, 15) is 19.2 Å². The summed E-state index contributed by atoms with van der Waals surface area (Å²) in [4.78, 5) is 57.3.